The molecule has 0 aliphatic carbocycles. The third kappa shape index (κ3) is 5.55. The van der Waals surface area contributed by atoms with Gasteiger partial charge in [0.15, 0.2) is 0 Å². The van der Waals surface area contributed by atoms with Gasteiger partial charge in [0.2, 0.25) is 0 Å². The summed E-state index contributed by atoms with van der Waals surface area (Å²) in [5, 5.41) is 4.46. The molecule has 16 heavy (non-hydrogen) atoms. The molecule has 1 heterocycles. The van der Waals surface area contributed by atoms with E-state index in [2.05, 4.69) is 25.4 Å². The SMILES string of the molecule is CCCC1CC(NCCC(C)SC)CCO1. The Morgan fingerprint density at radius 2 is 2.31 bits per heavy atom. The van der Waals surface area contributed by atoms with Gasteiger partial charge in [-0.3, -0.25) is 0 Å². The predicted octanol–water partition coefficient (Wildman–Crippen LogP) is 3.07. The normalized spacial score (nSPS) is 27.9. The lowest BCUT2D eigenvalue weighted by Gasteiger charge is -2.30. The van der Waals surface area contributed by atoms with E-state index in [1.807, 2.05) is 11.8 Å². The molecule has 1 saturated heterocycles. The van der Waals surface area contributed by atoms with Crippen LogP contribution in [0.5, 0.6) is 0 Å². The van der Waals surface area contributed by atoms with Crippen molar-refractivity contribution in [3.8, 4) is 0 Å². The second kappa shape index (κ2) is 8.37. The van der Waals surface area contributed by atoms with Crippen molar-refractivity contribution >= 4 is 11.8 Å². The smallest absolute Gasteiger partial charge is 0.0589 e. The van der Waals surface area contributed by atoms with E-state index in [0.717, 1.165) is 18.4 Å². The van der Waals surface area contributed by atoms with E-state index >= 15 is 0 Å². The van der Waals surface area contributed by atoms with Gasteiger partial charge in [0.25, 0.3) is 0 Å². The number of hydrogen-bond acceptors (Lipinski definition) is 3. The molecule has 0 amide bonds. The van der Waals surface area contributed by atoms with Crippen molar-refractivity contribution in [3.05, 3.63) is 0 Å². The quantitative estimate of drug-likeness (QED) is 0.745. The van der Waals surface area contributed by atoms with Gasteiger partial charge < -0.3 is 10.1 Å². The molecule has 1 aliphatic rings. The molecule has 1 rings (SSSR count). The molecule has 0 aromatic heterocycles. The Labute approximate surface area is 105 Å². The van der Waals surface area contributed by atoms with Crippen molar-refractivity contribution in [1.82, 2.24) is 5.32 Å². The third-order valence-corrected chi connectivity index (χ3v) is 4.40. The molecule has 0 radical (unpaired) electrons. The first-order valence-corrected chi connectivity index (χ1v) is 7.92. The predicted molar refractivity (Wildman–Crippen MR) is 73.3 cm³/mol. The average molecular weight is 245 g/mol. The molecule has 1 aliphatic heterocycles. The van der Waals surface area contributed by atoms with Gasteiger partial charge in [0, 0.05) is 17.9 Å². The molecule has 3 unspecified atom stereocenters. The molecule has 3 atom stereocenters. The van der Waals surface area contributed by atoms with Crippen LogP contribution in [0.25, 0.3) is 0 Å². The van der Waals surface area contributed by atoms with Crippen molar-refractivity contribution in [3.63, 3.8) is 0 Å². The van der Waals surface area contributed by atoms with Crippen molar-refractivity contribution in [2.45, 2.75) is 63.3 Å². The van der Waals surface area contributed by atoms with Gasteiger partial charge in [0.05, 0.1) is 6.10 Å². The second-order valence-corrected chi connectivity index (χ2v) is 6.07. The van der Waals surface area contributed by atoms with E-state index in [1.54, 1.807) is 0 Å². The van der Waals surface area contributed by atoms with Crippen LogP contribution in [0.1, 0.15) is 46.0 Å². The first-order chi connectivity index (χ1) is 7.76. The fourth-order valence-corrected chi connectivity index (χ4v) is 2.55. The monoisotopic (exact) mass is 245 g/mol. The Hall–Kier alpha value is 0.270. The van der Waals surface area contributed by atoms with Crippen molar-refractivity contribution < 1.29 is 4.74 Å². The highest BCUT2D eigenvalue weighted by atomic mass is 32.2. The van der Waals surface area contributed by atoms with Crippen LogP contribution in [0.2, 0.25) is 0 Å². The lowest BCUT2D eigenvalue weighted by Crippen LogP contribution is -2.39. The third-order valence-electron chi connectivity index (χ3n) is 3.36. The van der Waals surface area contributed by atoms with Gasteiger partial charge in [0.1, 0.15) is 0 Å². The zero-order chi connectivity index (χ0) is 11.8. The molecule has 0 bridgehead atoms. The maximum Gasteiger partial charge on any atom is 0.0589 e. The first kappa shape index (κ1) is 14.3. The van der Waals surface area contributed by atoms with E-state index in [1.165, 1.54) is 32.1 Å². The lowest BCUT2D eigenvalue weighted by atomic mass is 10.00. The Kier molecular flexibility index (Phi) is 7.50. The van der Waals surface area contributed by atoms with Crippen LogP contribution in [0.3, 0.4) is 0 Å². The van der Waals surface area contributed by atoms with Crippen LogP contribution >= 0.6 is 11.8 Å². The Morgan fingerprint density at radius 1 is 1.50 bits per heavy atom. The summed E-state index contributed by atoms with van der Waals surface area (Å²) in [7, 11) is 0. The molecule has 0 saturated carbocycles. The van der Waals surface area contributed by atoms with Crippen molar-refractivity contribution in [1.29, 1.82) is 0 Å². The maximum absolute atomic E-state index is 5.75. The summed E-state index contributed by atoms with van der Waals surface area (Å²) in [5.41, 5.74) is 0. The molecule has 2 nitrogen and oxygen atoms in total. The summed E-state index contributed by atoms with van der Waals surface area (Å²) < 4.78 is 5.75. The van der Waals surface area contributed by atoms with Gasteiger partial charge in [-0.25, -0.2) is 0 Å². The van der Waals surface area contributed by atoms with Crippen LogP contribution < -0.4 is 5.32 Å². The number of hydrogen-bond donors (Lipinski definition) is 1. The van der Waals surface area contributed by atoms with E-state index in [-0.39, 0.29) is 0 Å². The van der Waals surface area contributed by atoms with E-state index in [4.69, 9.17) is 4.74 Å². The molecular weight excluding hydrogens is 218 g/mol. The summed E-state index contributed by atoms with van der Waals surface area (Å²) in [6, 6.07) is 0.694. The van der Waals surface area contributed by atoms with Gasteiger partial charge in [-0.05, 0) is 38.5 Å². The summed E-state index contributed by atoms with van der Waals surface area (Å²) in [4.78, 5) is 0. The van der Waals surface area contributed by atoms with Crippen molar-refractivity contribution in [2.24, 2.45) is 0 Å². The van der Waals surface area contributed by atoms with Gasteiger partial charge >= 0.3 is 0 Å². The molecule has 1 fully saturated rings. The van der Waals surface area contributed by atoms with E-state index in [0.29, 0.717) is 12.1 Å². The molecular formula is C13H27NOS. The second-order valence-electron chi connectivity index (χ2n) is 4.79. The standard InChI is InChI=1S/C13H27NOS/c1-4-5-13-10-12(7-9-15-13)14-8-6-11(2)16-3/h11-14H,4-10H2,1-3H3. The minimum atomic E-state index is 0.509. The van der Waals surface area contributed by atoms with E-state index < -0.39 is 0 Å². The minimum absolute atomic E-state index is 0.509. The summed E-state index contributed by atoms with van der Waals surface area (Å²) >= 11 is 1.96. The topological polar surface area (TPSA) is 21.3 Å². The van der Waals surface area contributed by atoms with Crippen LogP contribution in [0.15, 0.2) is 0 Å². The van der Waals surface area contributed by atoms with Crippen LogP contribution in [0.4, 0.5) is 0 Å². The Morgan fingerprint density at radius 3 is 3.00 bits per heavy atom. The molecule has 0 aromatic rings. The molecule has 1 N–H and O–H groups in total. The zero-order valence-corrected chi connectivity index (χ0v) is 11.8. The number of rotatable bonds is 7. The van der Waals surface area contributed by atoms with Gasteiger partial charge in [-0.1, -0.05) is 20.3 Å². The summed E-state index contributed by atoms with van der Waals surface area (Å²) in [6.45, 7) is 6.64. The maximum atomic E-state index is 5.75. The number of nitrogens with one attached hydrogen (secondary N) is 1. The number of ether oxygens (including phenoxy) is 1. The highest BCUT2D eigenvalue weighted by Crippen LogP contribution is 2.18. The summed E-state index contributed by atoms with van der Waals surface area (Å²) in [5.74, 6) is 0. The fourth-order valence-electron chi connectivity index (χ4n) is 2.20. The number of thioether (sulfide) groups is 1. The van der Waals surface area contributed by atoms with Crippen molar-refractivity contribution in [2.75, 3.05) is 19.4 Å². The Bertz CT molecular complexity index is 175. The fraction of sp³-hybridized carbons (Fsp3) is 1.00. The lowest BCUT2D eigenvalue weighted by molar-refractivity contribution is -0.00308. The minimum Gasteiger partial charge on any atom is -0.378 e. The van der Waals surface area contributed by atoms with Crippen LogP contribution in [0, 0.1) is 0 Å². The summed E-state index contributed by atoms with van der Waals surface area (Å²) in [6.07, 6.45) is 8.83. The average Bonchev–Trinajstić information content (AvgIpc) is 2.30. The van der Waals surface area contributed by atoms with Crippen LogP contribution in [-0.4, -0.2) is 36.8 Å². The highest BCUT2D eigenvalue weighted by Gasteiger charge is 2.21. The van der Waals surface area contributed by atoms with Gasteiger partial charge in [-0.15, -0.1) is 0 Å². The largest absolute Gasteiger partial charge is 0.378 e. The zero-order valence-electron chi connectivity index (χ0n) is 11.0. The first-order valence-electron chi connectivity index (χ1n) is 6.64. The molecule has 96 valence electrons. The molecule has 0 spiro atoms. The van der Waals surface area contributed by atoms with Gasteiger partial charge in [-0.2, -0.15) is 11.8 Å². The molecule has 0 aromatic carbocycles. The van der Waals surface area contributed by atoms with Crippen LogP contribution in [-0.2, 0) is 4.74 Å². The Balaban J connectivity index is 2.11. The van der Waals surface area contributed by atoms with E-state index in [9.17, 15) is 0 Å². The highest BCUT2D eigenvalue weighted by molar-refractivity contribution is 7.99. The molecule has 3 heteroatoms.